The molecule has 0 aliphatic carbocycles. The average Bonchev–Trinajstić information content (AvgIpc) is 3.19. The Labute approximate surface area is 192 Å². The minimum atomic E-state index is -4.64. The largest absolute Gasteiger partial charge is 0.433 e. The van der Waals surface area contributed by atoms with Gasteiger partial charge in [0.05, 0.1) is 24.4 Å². The highest BCUT2D eigenvalue weighted by Crippen LogP contribution is 2.27. The third kappa shape index (κ3) is 7.50. The van der Waals surface area contributed by atoms with E-state index in [1.54, 1.807) is 19.3 Å². The molecule has 0 radical (unpaired) electrons. The summed E-state index contributed by atoms with van der Waals surface area (Å²) in [6.07, 6.45) is -4.08. The summed E-state index contributed by atoms with van der Waals surface area (Å²) in [5.41, 5.74) is 0.225. The van der Waals surface area contributed by atoms with E-state index < -0.39 is 30.4 Å². The Morgan fingerprint density at radius 2 is 1.94 bits per heavy atom. The van der Waals surface area contributed by atoms with E-state index in [-0.39, 0.29) is 30.3 Å². The maximum atomic E-state index is 14.3. The summed E-state index contributed by atoms with van der Waals surface area (Å²) in [6.45, 7) is 2.00. The van der Waals surface area contributed by atoms with Crippen molar-refractivity contribution in [2.24, 2.45) is 0 Å². The molecular formula is C20H23F4N9O. The lowest BCUT2D eigenvalue weighted by molar-refractivity contribution is -0.141. The molecule has 1 amide bonds. The van der Waals surface area contributed by atoms with Gasteiger partial charge in [0.2, 0.25) is 5.91 Å². The highest BCUT2D eigenvalue weighted by molar-refractivity contribution is 5.90. The molecule has 0 saturated heterocycles. The van der Waals surface area contributed by atoms with Gasteiger partial charge in [-0.15, -0.1) is 10.2 Å². The number of hydrogen-bond donors (Lipinski definition) is 2. The Bertz CT molecular complexity index is 1100. The normalized spacial score (nSPS) is 12.5. The number of carbonyl (C=O) groups excluding carboxylic acids is 1. The molecule has 0 aromatic carbocycles. The first-order valence-electron chi connectivity index (χ1n) is 10.3. The molecule has 2 N–H and O–H groups in total. The summed E-state index contributed by atoms with van der Waals surface area (Å²) in [5.74, 6) is -0.794. The van der Waals surface area contributed by atoms with E-state index in [2.05, 4.69) is 41.1 Å². The van der Waals surface area contributed by atoms with Crippen molar-refractivity contribution in [2.45, 2.75) is 51.6 Å². The number of aryl methyl sites for hydroxylation is 2. The Morgan fingerprint density at radius 3 is 2.62 bits per heavy atom. The van der Waals surface area contributed by atoms with E-state index in [4.69, 9.17) is 0 Å². The van der Waals surface area contributed by atoms with Crippen LogP contribution in [0.3, 0.4) is 0 Å². The Kier molecular flexibility index (Phi) is 8.15. The predicted octanol–water partition coefficient (Wildman–Crippen LogP) is 2.06. The summed E-state index contributed by atoms with van der Waals surface area (Å²) in [7, 11) is 1.78. The number of aromatic nitrogens is 7. The lowest BCUT2D eigenvalue weighted by atomic mass is 10.1. The monoisotopic (exact) mass is 481 g/mol. The number of amides is 1. The molecule has 0 bridgehead atoms. The quantitative estimate of drug-likeness (QED) is 0.422. The molecule has 0 spiro atoms. The van der Waals surface area contributed by atoms with Crippen molar-refractivity contribution in [3.63, 3.8) is 0 Å². The number of nitrogens with zero attached hydrogens (tertiary/aromatic N) is 7. The van der Waals surface area contributed by atoms with Gasteiger partial charge in [-0.3, -0.25) is 4.79 Å². The van der Waals surface area contributed by atoms with Crippen molar-refractivity contribution >= 4 is 11.7 Å². The van der Waals surface area contributed by atoms with Crippen LogP contribution in [0.4, 0.5) is 23.4 Å². The van der Waals surface area contributed by atoms with Gasteiger partial charge in [0.1, 0.15) is 17.7 Å². The SMILES string of the molecule is CNCc1cn(C[C@H](F)CCc2ccc(NC(=O)Cc3nc(C)cc(C(F)(F)F)n3)nn2)nn1. The summed E-state index contributed by atoms with van der Waals surface area (Å²) in [4.78, 5) is 19.4. The first-order valence-corrected chi connectivity index (χ1v) is 10.3. The first-order chi connectivity index (χ1) is 16.1. The second-order valence-corrected chi connectivity index (χ2v) is 7.54. The number of nitrogens with one attached hydrogen (secondary N) is 2. The van der Waals surface area contributed by atoms with Crippen LogP contribution in [0.25, 0.3) is 0 Å². The third-order valence-corrected chi connectivity index (χ3v) is 4.54. The summed E-state index contributed by atoms with van der Waals surface area (Å²) < 4.78 is 54.3. The van der Waals surface area contributed by atoms with Crippen molar-refractivity contribution in [3.8, 4) is 0 Å². The van der Waals surface area contributed by atoms with Gasteiger partial charge < -0.3 is 10.6 Å². The topological polar surface area (TPSA) is 123 Å². The lowest BCUT2D eigenvalue weighted by Crippen LogP contribution is -2.19. The van der Waals surface area contributed by atoms with Crippen LogP contribution in [0.2, 0.25) is 0 Å². The van der Waals surface area contributed by atoms with Crippen LogP contribution in [0.15, 0.2) is 24.4 Å². The van der Waals surface area contributed by atoms with E-state index in [1.165, 1.54) is 17.7 Å². The molecule has 182 valence electrons. The van der Waals surface area contributed by atoms with Crippen molar-refractivity contribution in [2.75, 3.05) is 12.4 Å². The van der Waals surface area contributed by atoms with E-state index >= 15 is 0 Å². The Morgan fingerprint density at radius 1 is 1.15 bits per heavy atom. The zero-order valence-electron chi connectivity index (χ0n) is 18.5. The van der Waals surface area contributed by atoms with Crippen LogP contribution in [0, 0.1) is 6.92 Å². The van der Waals surface area contributed by atoms with Gasteiger partial charge >= 0.3 is 6.18 Å². The second kappa shape index (κ2) is 11.0. The minimum Gasteiger partial charge on any atom is -0.314 e. The Hall–Kier alpha value is -3.55. The van der Waals surface area contributed by atoms with Crippen molar-refractivity contribution < 1.29 is 22.4 Å². The van der Waals surface area contributed by atoms with E-state index in [9.17, 15) is 22.4 Å². The number of alkyl halides is 4. The highest BCUT2D eigenvalue weighted by Gasteiger charge is 2.33. The molecule has 0 aliphatic rings. The molecule has 34 heavy (non-hydrogen) atoms. The third-order valence-electron chi connectivity index (χ3n) is 4.54. The molecule has 3 aromatic rings. The van der Waals surface area contributed by atoms with Crippen LogP contribution >= 0.6 is 0 Å². The molecule has 14 heteroatoms. The standard InChI is InChI=1S/C20H23F4N9O/c1-12-7-16(20(22,23)24)27-18(26-12)8-19(34)28-17-6-5-14(29-31-17)4-3-13(21)10-33-11-15(9-25-2)30-32-33/h5-7,11,13,25H,3-4,8-10H2,1-2H3,(H,28,31,34)/t13-/m1/s1. The molecule has 10 nitrogen and oxygen atoms in total. The zero-order chi connectivity index (χ0) is 24.7. The zero-order valence-corrected chi connectivity index (χ0v) is 18.5. The van der Waals surface area contributed by atoms with Gasteiger partial charge in [-0.25, -0.2) is 19.0 Å². The molecule has 1 atom stereocenters. The van der Waals surface area contributed by atoms with Crippen LogP contribution in [-0.2, 0) is 36.9 Å². The van der Waals surface area contributed by atoms with Gasteiger partial charge in [0.25, 0.3) is 0 Å². The van der Waals surface area contributed by atoms with Crippen molar-refractivity contribution in [3.05, 3.63) is 53.0 Å². The van der Waals surface area contributed by atoms with E-state index in [1.807, 2.05) is 0 Å². The van der Waals surface area contributed by atoms with Crippen LogP contribution in [0.1, 0.15) is 35.0 Å². The molecule has 3 heterocycles. The van der Waals surface area contributed by atoms with Crippen molar-refractivity contribution in [1.82, 2.24) is 40.5 Å². The minimum absolute atomic E-state index is 0.0648. The molecule has 3 rings (SSSR count). The fourth-order valence-electron chi connectivity index (χ4n) is 3.03. The molecule has 0 aliphatic heterocycles. The van der Waals surface area contributed by atoms with Gasteiger partial charge in [-0.1, -0.05) is 5.21 Å². The molecule has 0 saturated carbocycles. The van der Waals surface area contributed by atoms with Crippen molar-refractivity contribution in [1.29, 1.82) is 0 Å². The van der Waals surface area contributed by atoms with Gasteiger partial charge in [0, 0.05) is 18.4 Å². The van der Waals surface area contributed by atoms with E-state index in [0.29, 0.717) is 24.4 Å². The van der Waals surface area contributed by atoms with E-state index in [0.717, 1.165) is 6.07 Å². The lowest BCUT2D eigenvalue weighted by Gasteiger charge is -2.09. The number of halogens is 4. The van der Waals surface area contributed by atoms with Gasteiger partial charge in [0.15, 0.2) is 5.82 Å². The summed E-state index contributed by atoms with van der Waals surface area (Å²) in [6, 6.07) is 3.87. The first kappa shape index (κ1) is 25.1. The molecule has 0 unspecified atom stereocenters. The molecule has 0 fully saturated rings. The maximum Gasteiger partial charge on any atom is 0.433 e. The van der Waals surface area contributed by atoms with Crippen LogP contribution in [-0.4, -0.2) is 54.3 Å². The summed E-state index contributed by atoms with van der Waals surface area (Å²) in [5, 5.41) is 21.0. The number of rotatable bonds is 10. The Balaban J connectivity index is 1.48. The fraction of sp³-hybridized carbons (Fsp3) is 0.450. The number of carbonyl (C=O) groups is 1. The molecular weight excluding hydrogens is 458 g/mol. The molecule has 3 aromatic heterocycles. The average molecular weight is 481 g/mol. The van der Waals surface area contributed by atoms with Crippen LogP contribution in [0.5, 0.6) is 0 Å². The number of anilines is 1. The maximum absolute atomic E-state index is 14.3. The predicted molar refractivity (Wildman–Crippen MR) is 112 cm³/mol. The van der Waals surface area contributed by atoms with Gasteiger partial charge in [-0.2, -0.15) is 18.3 Å². The second-order valence-electron chi connectivity index (χ2n) is 7.54. The van der Waals surface area contributed by atoms with Crippen LogP contribution < -0.4 is 10.6 Å². The summed E-state index contributed by atoms with van der Waals surface area (Å²) >= 11 is 0. The van der Waals surface area contributed by atoms with Gasteiger partial charge in [-0.05, 0) is 45.0 Å². The highest BCUT2D eigenvalue weighted by atomic mass is 19.4. The smallest absolute Gasteiger partial charge is 0.314 e. The number of hydrogen-bond acceptors (Lipinski definition) is 8. The fourth-order valence-corrected chi connectivity index (χ4v) is 3.03.